The summed E-state index contributed by atoms with van der Waals surface area (Å²) in [6.45, 7) is 6.40. The Morgan fingerprint density at radius 1 is 1.56 bits per heavy atom. The van der Waals surface area contributed by atoms with Crippen molar-refractivity contribution in [2.24, 2.45) is 11.7 Å². The molecule has 0 radical (unpaired) electrons. The first-order valence-corrected chi connectivity index (χ1v) is 6.10. The van der Waals surface area contributed by atoms with Gasteiger partial charge in [-0.15, -0.1) is 0 Å². The van der Waals surface area contributed by atoms with Gasteiger partial charge in [-0.25, -0.2) is 4.98 Å². The molecule has 0 saturated carbocycles. The molecule has 2 atom stereocenters. The van der Waals surface area contributed by atoms with Gasteiger partial charge in [0.25, 0.3) is 0 Å². The lowest BCUT2D eigenvalue weighted by molar-refractivity contribution is 0.363. The van der Waals surface area contributed by atoms with Crippen LogP contribution in [-0.2, 0) is 0 Å². The first-order chi connectivity index (χ1) is 7.68. The molecule has 0 spiro atoms. The molecule has 88 valence electrons. The SMILES string of the molecule is Cc1cccnc1N1CCCC(C(C)N)C1. The molecule has 0 aromatic carbocycles. The van der Waals surface area contributed by atoms with E-state index < -0.39 is 0 Å². The van der Waals surface area contributed by atoms with E-state index in [0.29, 0.717) is 5.92 Å². The molecule has 1 saturated heterocycles. The summed E-state index contributed by atoms with van der Waals surface area (Å²) >= 11 is 0. The van der Waals surface area contributed by atoms with Crippen LogP contribution < -0.4 is 10.6 Å². The van der Waals surface area contributed by atoms with Gasteiger partial charge >= 0.3 is 0 Å². The van der Waals surface area contributed by atoms with Gasteiger partial charge in [0, 0.05) is 25.3 Å². The second-order valence-electron chi connectivity index (χ2n) is 4.85. The highest BCUT2D eigenvalue weighted by Crippen LogP contribution is 2.24. The van der Waals surface area contributed by atoms with Crippen LogP contribution in [0.2, 0.25) is 0 Å². The van der Waals surface area contributed by atoms with E-state index in [9.17, 15) is 0 Å². The minimum Gasteiger partial charge on any atom is -0.356 e. The molecular formula is C13H21N3. The number of aromatic nitrogens is 1. The molecule has 1 fully saturated rings. The smallest absolute Gasteiger partial charge is 0.131 e. The molecule has 0 amide bonds. The molecule has 2 N–H and O–H groups in total. The average molecular weight is 219 g/mol. The first kappa shape index (κ1) is 11.4. The van der Waals surface area contributed by atoms with E-state index in [1.54, 1.807) is 0 Å². The van der Waals surface area contributed by atoms with Crippen molar-refractivity contribution < 1.29 is 0 Å². The Bertz CT molecular complexity index is 349. The normalized spacial score (nSPS) is 23.2. The Kier molecular flexibility index (Phi) is 3.44. The standard InChI is InChI=1S/C13H21N3/c1-10-5-3-7-15-13(10)16-8-4-6-12(9-16)11(2)14/h3,5,7,11-12H,4,6,8-9,14H2,1-2H3. The fraction of sp³-hybridized carbons (Fsp3) is 0.615. The van der Waals surface area contributed by atoms with Crippen molar-refractivity contribution in [2.45, 2.75) is 32.7 Å². The van der Waals surface area contributed by atoms with E-state index in [-0.39, 0.29) is 6.04 Å². The molecular weight excluding hydrogens is 198 g/mol. The number of rotatable bonds is 2. The number of nitrogens with two attached hydrogens (primary N) is 1. The molecule has 1 aromatic rings. The maximum absolute atomic E-state index is 6.00. The summed E-state index contributed by atoms with van der Waals surface area (Å²) in [6.07, 6.45) is 4.35. The van der Waals surface area contributed by atoms with Crippen LogP contribution in [0, 0.1) is 12.8 Å². The summed E-state index contributed by atoms with van der Waals surface area (Å²) in [5, 5.41) is 0. The summed E-state index contributed by atoms with van der Waals surface area (Å²) in [6, 6.07) is 4.40. The van der Waals surface area contributed by atoms with E-state index in [0.717, 1.165) is 18.9 Å². The number of nitrogens with zero attached hydrogens (tertiary/aromatic N) is 2. The molecule has 1 aliphatic rings. The minimum atomic E-state index is 0.284. The maximum Gasteiger partial charge on any atom is 0.131 e. The fourth-order valence-electron chi connectivity index (χ4n) is 2.44. The van der Waals surface area contributed by atoms with Crippen molar-refractivity contribution in [3.05, 3.63) is 23.9 Å². The number of aryl methyl sites for hydroxylation is 1. The van der Waals surface area contributed by atoms with Crippen LogP contribution in [0.25, 0.3) is 0 Å². The largest absolute Gasteiger partial charge is 0.356 e. The number of hydrogen-bond acceptors (Lipinski definition) is 3. The van der Waals surface area contributed by atoms with Crippen molar-refractivity contribution >= 4 is 5.82 Å². The van der Waals surface area contributed by atoms with Crippen molar-refractivity contribution in [1.82, 2.24) is 4.98 Å². The highest BCUT2D eigenvalue weighted by molar-refractivity contribution is 5.46. The minimum absolute atomic E-state index is 0.284. The topological polar surface area (TPSA) is 42.2 Å². The zero-order valence-corrected chi connectivity index (χ0v) is 10.2. The summed E-state index contributed by atoms with van der Waals surface area (Å²) in [4.78, 5) is 6.86. The van der Waals surface area contributed by atoms with Gasteiger partial charge in [0.05, 0.1) is 0 Å². The van der Waals surface area contributed by atoms with Gasteiger partial charge in [-0.1, -0.05) is 6.07 Å². The highest BCUT2D eigenvalue weighted by Gasteiger charge is 2.23. The van der Waals surface area contributed by atoms with E-state index in [1.165, 1.54) is 18.4 Å². The van der Waals surface area contributed by atoms with Gasteiger partial charge < -0.3 is 10.6 Å². The van der Waals surface area contributed by atoms with Crippen molar-refractivity contribution in [2.75, 3.05) is 18.0 Å². The molecule has 16 heavy (non-hydrogen) atoms. The fourth-order valence-corrected chi connectivity index (χ4v) is 2.44. The lowest BCUT2D eigenvalue weighted by Crippen LogP contribution is -2.43. The Balaban J connectivity index is 2.13. The summed E-state index contributed by atoms with van der Waals surface area (Å²) in [7, 11) is 0. The number of piperidine rings is 1. The van der Waals surface area contributed by atoms with Crippen molar-refractivity contribution in [1.29, 1.82) is 0 Å². The van der Waals surface area contributed by atoms with Crippen LogP contribution in [0.4, 0.5) is 5.82 Å². The third-order valence-electron chi connectivity index (χ3n) is 3.48. The molecule has 1 aliphatic heterocycles. The van der Waals surface area contributed by atoms with Crippen molar-refractivity contribution in [3.63, 3.8) is 0 Å². The van der Waals surface area contributed by atoms with Crippen LogP contribution in [0.5, 0.6) is 0 Å². The molecule has 0 bridgehead atoms. The van der Waals surface area contributed by atoms with Crippen molar-refractivity contribution in [3.8, 4) is 0 Å². The predicted octanol–water partition coefficient (Wildman–Crippen LogP) is 1.95. The third-order valence-corrected chi connectivity index (χ3v) is 3.48. The van der Waals surface area contributed by atoms with E-state index in [2.05, 4.69) is 29.8 Å². The zero-order chi connectivity index (χ0) is 11.5. The quantitative estimate of drug-likeness (QED) is 0.826. The monoisotopic (exact) mass is 219 g/mol. The maximum atomic E-state index is 6.00. The van der Waals surface area contributed by atoms with Gasteiger partial charge in [0.2, 0.25) is 0 Å². The lowest BCUT2D eigenvalue weighted by atomic mass is 9.92. The Morgan fingerprint density at radius 2 is 2.38 bits per heavy atom. The van der Waals surface area contributed by atoms with Gasteiger partial charge in [0.15, 0.2) is 0 Å². The summed E-state index contributed by atoms with van der Waals surface area (Å²) in [5.41, 5.74) is 7.26. The predicted molar refractivity (Wildman–Crippen MR) is 67.6 cm³/mol. The van der Waals surface area contributed by atoms with Gasteiger partial charge in [-0.3, -0.25) is 0 Å². The Morgan fingerprint density at radius 3 is 3.06 bits per heavy atom. The summed E-state index contributed by atoms with van der Waals surface area (Å²) < 4.78 is 0. The third kappa shape index (κ3) is 2.35. The van der Waals surface area contributed by atoms with E-state index in [1.807, 2.05) is 12.3 Å². The zero-order valence-electron chi connectivity index (χ0n) is 10.2. The number of anilines is 1. The van der Waals surface area contributed by atoms with Crippen LogP contribution in [-0.4, -0.2) is 24.1 Å². The second kappa shape index (κ2) is 4.83. The van der Waals surface area contributed by atoms with Gasteiger partial charge in [-0.2, -0.15) is 0 Å². The molecule has 2 rings (SSSR count). The van der Waals surface area contributed by atoms with Gasteiger partial charge in [0.1, 0.15) is 5.82 Å². The molecule has 3 nitrogen and oxygen atoms in total. The van der Waals surface area contributed by atoms with E-state index >= 15 is 0 Å². The molecule has 2 heterocycles. The second-order valence-corrected chi connectivity index (χ2v) is 4.85. The van der Waals surface area contributed by atoms with E-state index in [4.69, 9.17) is 5.73 Å². The van der Waals surface area contributed by atoms with Crippen LogP contribution >= 0.6 is 0 Å². The van der Waals surface area contributed by atoms with Gasteiger partial charge in [-0.05, 0) is 44.2 Å². The Hall–Kier alpha value is -1.09. The van der Waals surface area contributed by atoms with Crippen LogP contribution in [0.15, 0.2) is 18.3 Å². The molecule has 2 unspecified atom stereocenters. The first-order valence-electron chi connectivity index (χ1n) is 6.10. The number of pyridine rings is 1. The average Bonchev–Trinajstić information content (AvgIpc) is 2.30. The molecule has 1 aromatic heterocycles. The summed E-state index contributed by atoms with van der Waals surface area (Å²) in [5.74, 6) is 1.74. The molecule has 0 aliphatic carbocycles. The van der Waals surface area contributed by atoms with Crippen LogP contribution in [0.1, 0.15) is 25.3 Å². The van der Waals surface area contributed by atoms with Crippen LogP contribution in [0.3, 0.4) is 0 Å². The molecule has 3 heteroatoms. The Labute approximate surface area is 97.7 Å². The highest BCUT2D eigenvalue weighted by atomic mass is 15.2. The number of hydrogen-bond donors (Lipinski definition) is 1. The lowest BCUT2D eigenvalue weighted by Gasteiger charge is -2.36.